The Kier molecular flexibility index (Phi) is 6.97. The molecule has 0 N–H and O–H groups in total. The van der Waals surface area contributed by atoms with Gasteiger partial charge in [0, 0.05) is 10.2 Å². The second-order valence-electron chi connectivity index (χ2n) is 7.47. The van der Waals surface area contributed by atoms with E-state index in [0.29, 0.717) is 0 Å². The summed E-state index contributed by atoms with van der Waals surface area (Å²) in [7, 11) is 1.43. The molecule has 0 aromatic rings. The summed E-state index contributed by atoms with van der Waals surface area (Å²) in [6.07, 6.45) is 18.5. The first-order chi connectivity index (χ1) is 9.33. The Balaban J connectivity index is 1.63. The van der Waals surface area contributed by atoms with Gasteiger partial charge in [0.05, 0.1) is 0 Å². The smallest absolute Gasteiger partial charge is 0.00314 e. The average molecular weight is 281 g/mol. The zero-order valence-electron chi connectivity index (χ0n) is 13.5. The lowest BCUT2D eigenvalue weighted by molar-refractivity contribution is 0.147. The van der Waals surface area contributed by atoms with Gasteiger partial charge in [0.2, 0.25) is 0 Å². The minimum Gasteiger partial charge on any atom is -0.0654 e. The molecule has 0 spiro atoms. The van der Waals surface area contributed by atoms with Crippen molar-refractivity contribution < 1.29 is 0 Å². The maximum Gasteiger partial charge on any atom is 0.00314 e. The van der Waals surface area contributed by atoms with Crippen molar-refractivity contribution in [1.29, 1.82) is 0 Å². The lowest BCUT2D eigenvalue weighted by atomic mass is 9.69. The van der Waals surface area contributed by atoms with Gasteiger partial charge in [-0.3, -0.25) is 0 Å². The zero-order chi connectivity index (χ0) is 13.5. The molecule has 0 atom stereocenters. The van der Waals surface area contributed by atoms with Crippen LogP contribution in [0.4, 0.5) is 0 Å². The van der Waals surface area contributed by atoms with E-state index < -0.39 is 0 Å². The number of unbranched alkanes of at least 4 members (excludes halogenated alkanes) is 2. The first-order valence-corrected chi connectivity index (χ1v) is 10.7. The number of hydrogen-bond acceptors (Lipinski definition) is 0. The highest BCUT2D eigenvalue weighted by Crippen LogP contribution is 2.42. The van der Waals surface area contributed by atoms with Gasteiger partial charge in [-0.25, -0.2) is 0 Å². The summed E-state index contributed by atoms with van der Waals surface area (Å²) in [4.78, 5) is 0. The molecular formula is C18H36Si. The van der Waals surface area contributed by atoms with Crippen LogP contribution in [0.2, 0.25) is 6.04 Å². The van der Waals surface area contributed by atoms with Crippen LogP contribution in [-0.2, 0) is 0 Å². The van der Waals surface area contributed by atoms with Gasteiger partial charge in [-0.1, -0.05) is 64.3 Å². The summed E-state index contributed by atoms with van der Waals surface area (Å²) >= 11 is 0. The SMILES string of the molecule is CCCCC[C@H]1CC[C@H]([C@H]2CC[C@H](C[SiH3])CC2)CC1. The van der Waals surface area contributed by atoms with Crippen molar-refractivity contribution in [3.05, 3.63) is 0 Å². The van der Waals surface area contributed by atoms with Gasteiger partial charge < -0.3 is 0 Å². The van der Waals surface area contributed by atoms with Gasteiger partial charge in [0.15, 0.2) is 0 Å². The molecule has 0 heterocycles. The van der Waals surface area contributed by atoms with Gasteiger partial charge >= 0.3 is 0 Å². The minimum atomic E-state index is 1.10. The summed E-state index contributed by atoms with van der Waals surface area (Å²) in [6.45, 7) is 2.33. The zero-order valence-corrected chi connectivity index (χ0v) is 15.5. The molecule has 2 aliphatic carbocycles. The van der Waals surface area contributed by atoms with E-state index in [0.717, 1.165) is 23.7 Å². The maximum absolute atomic E-state index is 2.33. The van der Waals surface area contributed by atoms with Crippen molar-refractivity contribution >= 4 is 10.2 Å². The minimum absolute atomic E-state index is 1.10. The average Bonchev–Trinajstić information content (AvgIpc) is 2.48. The Morgan fingerprint density at radius 2 is 1.26 bits per heavy atom. The van der Waals surface area contributed by atoms with Crippen molar-refractivity contribution in [2.24, 2.45) is 23.7 Å². The molecule has 0 unspecified atom stereocenters. The Labute approximate surface area is 124 Å². The molecule has 1 heteroatoms. The van der Waals surface area contributed by atoms with E-state index >= 15 is 0 Å². The Morgan fingerprint density at radius 3 is 1.74 bits per heavy atom. The van der Waals surface area contributed by atoms with Crippen LogP contribution in [-0.4, -0.2) is 10.2 Å². The predicted molar refractivity (Wildman–Crippen MR) is 89.8 cm³/mol. The van der Waals surface area contributed by atoms with Crippen LogP contribution < -0.4 is 0 Å². The molecule has 0 nitrogen and oxygen atoms in total. The Morgan fingerprint density at radius 1 is 0.737 bits per heavy atom. The van der Waals surface area contributed by atoms with Crippen molar-refractivity contribution in [3.8, 4) is 0 Å². The summed E-state index contributed by atoms with van der Waals surface area (Å²) in [5.74, 6) is 4.48. The highest BCUT2D eigenvalue weighted by molar-refractivity contribution is 6.08. The van der Waals surface area contributed by atoms with Crippen LogP contribution in [0.5, 0.6) is 0 Å². The molecule has 19 heavy (non-hydrogen) atoms. The third-order valence-electron chi connectivity index (χ3n) is 6.24. The van der Waals surface area contributed by atoms with Crippen molar-refractivity contribution in [2.75, 3.05) is 0 Å². The van der Waals surface area contributed by atoms with E-state index in [9.17, 15) is 0 Å². The number of rotatable bonds is 6. The van der Waals surface area contributed by atoms with E-state index in [2.05, 4.69) is 6.92 Å². The lowest BCUT2D eigenvalue weighted by Crippen LogP contribution is -2.25. The molecule has 112 valence electrons. The highest BCUT2D eigenvalue weighted by Gasteiger charge is 2.30. The lowest BCUT2D eigenvalue weighted by Gasteiger charge is -2.37. The fraction of sp³-hybridized carbons (Fsp3) is 1.00. The van der Waals surface area contributed by atoms with E-state index in [1.807, 2.05) is 0 Å². The molecular weight excluding hydrogens is 244 g/mol. The van der Waals surface area contributed by atoms with Gasteiger partial charge in [-0.15, -0.1) is 0 Å². The van der Waals surface area contributed by atoms with Gasteiger partial charge in [0.1, 0.15) is 0 Å². The van der Waals surface area contributed by atoms with Gasteiger partial charge in [-0.2, -0.15) is 0 Å². The Hall–Kier alpha value is 0.217. The van der Waals surface area contributed by atoms with Crippen LogP contribution in [0.15, 0.2) is 0 Å². The van der Waals surface area contributed by atoms with Crippen LogP contribution in [0.25, 0.3) is 0 Å². The van der Waals surface area contributed by atoms with Crippen molar-refractivity contribution in [2.45, 2.75) is 90.0 Å². The largest absolute Gasteiger partial charge is 0.0654 e. The normalized spacial score (nSPS) is 36.5. The highest BCUT2D eigenvalue weighted by atomic mass is 28.1. The van der Waals surface area contributed by atoms with Gasteiger partial charge in [-0.05, 0) is 49.4 Å². The van der Waals surface area contributed by atoms with Crippen molar-refractivity contribution in [3.63, 3.8) is 0 Å². The molecule has 0 aromatic carbocycles. The summed E-state index contributed by atoms with van der Waals surface area (Å²) in [5, 5.41) is 0. The molecule has 0 bridgehead atoms. The molecule has 0 amide bonds. The molecule has 0 radical (unpaired) electrons. The molecule has 2 aliphatic rings. The van der Waals surface area contributed by atoms with Crippen LogP contribution in [0.1, 0.15) is 84.0 Å². The predicted octanol–water partition coefficient (Wildman–Crippen LogP) is 4.96. The van der Waals surface area contributed by atoms with Crippen LogP contribution in [0, 0.1) is 23.7 Å². The van der Waals surface area contributed by atoms with E-state index in [1.165, 1.54) is 35.9 Å². The molecule has 0 aliphatic heterocycles. The van der Waals surface area contributed by atoms with Gasteiger partial charge in [0.25, 0.3) is 0 Å². The maximum atomic E-state index is 2.33. The Bertz CT molecular complexity index is 222. The summed E-state index contributed by atoms with van der Waals surface area (Å²) in [5.41, 5.74) is 0. The second-order valence-corrected chi connectivity index (χ2v) is 8.28. The third kappa shape index (κ3) is 4.92. The van der Waals surface area contributed by atoms with Crippen LogP contribution in [0.3, 0.4) is 0 Å². The second kappa shape index (κ2) is 8.49. The first-order valence-electron chi connectivity index (χ1n) is 9.33. The summed E-state index contributed by atoms with van der Waals surface area (Å²) < 4.78 is 0. The van der Waals surface area contributed by atoms with E-state index in [4.69, 9.17) is 0 Å². The standard InChI is InChI=1S/C18H36Si/c1-2-3-4-5-15-6-10-17(11-7-15)18-12-8-16(14-19)9-13-18/h15-18H,2-14H2,1,19H3/t15-,16-,17-,18-. The quantitative estimate of drug-likeness (QED) is 0.476. The summed E-state index contributed by atoms with van der Waals surface area (Å²) in [6, 6.07) is 1.57. The molecule has 0 saturated heterocycles. The topological polar surface area (TPSA) is 0 Å². The van der Waals surface area contributed by atoms with Crippen LogP contribution >= 0.6 is 0 Å². The molecule has 2 saturated carbocycles. The number of hydrogen-bond donors (Lipinski definition) is 0. The monoisotopic (exact) mass is 280 g/mol. The third-order valence-corrected chi connectivity index (χ3v) is 7.40. The first kappa shape index (κ1) is 15.6. The fourth-order valence-electron chi connectivity index (χ4n) is 4.70. The molecule has 2 fully saturated rings. The van der Waals surface area contributed by atoms with Crippen molar-refractivity contribution in [1.82, 2.24) is 0 Å². The fourth-order valence-corrected chi connectivity index (χ4v) is 5.52. The molecule has 0 aromatic heterocycles. The molecule has 2 rings (SSSR count). The van der Waals surface area contributed by atoms with E-state index in [1.54, 1.807) is 57.4 Å². The van der Waals surface area contributed by atoms with E-state index in [-0.39, 0.29) is 0 Å².